The van der Waals surface area contributed by atoms with E-state index in [0.717, 1.165) is 16.3 Å². The lowest BCUT2D eigenvalue weighted by Gasteiger charge is -2.11. The van der Waals surface area contributed by atoms with Crippen LogP contribution in [-0.4, -0.2) is 15.0 Å². The number of aromatic nitrogens is 3. The van der Waals surface area contributed by atoms with Crippen LogP contribution >= 0.6 is 0 Å². The van der Waals surface area contributed by atoms with Crippen molar-refractivity contribution in [3.05, 3.63) is 78.0 Å². The zero-order valence-corrected chi connectivity index (χ0v) is 15.0. The Bertz CT molecular complexity index is 1250. The molecule has 3 heteroatoms. The van der Waals surface area contributed by atoms with Gasteiger partial charge in [0.05, 0.1) is 5.48 Å². The monoisotopic (exact) mass is 343 g/mol. The van der Waals surface area contributed by atoms with E-state index in [1.54, 1.807) is 6.92 Å². The summed E-state index contributed by atoms with van der Waals surface area (Å²) in [6, 6.07) is 13.4. The molecule has 0 fully saturated rings. The van der Waals surface area contributed by atoms with E-state index in [1.807, 2.05) is 56.3 Å². The first-order chi connectivity index (χ1) is 14.3. The third-order valence-corrected chi connectivity index (χ3v) is 4.17. The third kappa shape index (κ3) is 3.08. The summed E-state index contributed by atoms with van der Waals surface area (Å²) < 4.78 is 32.9. The molecular weight excluding hydrogens is 318 g/mol. The predicted molar refractivity (Wildman–Crippen MR) is 107 cm³/mol. The minimum absolute atomic E-state index is 0.00535. The molecule has 0 spiro atoms. The van der Waals surface area contributed by atoms with Gasteiger partial charge in [-0.05, 0) is 23.7 Å². The van der Waals surface area contributed by atoms with Crippen molar-refractivity contribution in [1.29, 1.82) is 0 Å². The number of rotatable bonds is 3. The minimum atomic E-state index is -0.225. The molecular formula is C23H21N3. The molecule has 0 saturated heterocycles. The molecule has 4 rings (SSSR count). The molecule has 1 heterocycles. The Morgan fingerprint density at radius 1 is 0.885 bits per heavy atom. The van der Waals surface area contributed by atoms with Crippen LogP contribution in [0.5, 0.6) is 0 Å². The number of fused-ring (bicyclic) bond motifs is 1. The van der Waals surface area contributed by atoms with Crippen molar-refractivity contribution in [2.24, 2.45) is 0 Å². The highest BCUT2D eigenvalue weighted by atomic mass is 15.0. The van der Waals surface area contributed by atoms with E-state index in [0.29, 0.717) is 17.2 Å². The molecule has 0 bridgehead atoms. The maximum absolute atomic E-state index is 8.47. The molecule has 128 valence electrons. The third-order valence-electron chi connectivity index (χ3n) is 4.17. The van der Waals surface area contributed by atoms with Gasteiger partial charge in [-0.25, -0.2) is 15.0 Å². The van der Waals surface area contributed by atoms with Crippen LogP contribution < -0.4 is 0 Å². The second-order valence-corrected chi connectivity index (χ2v) is 6.52. The van der Waals surface area contributed by atoms with E-state index >= 15 is 0 Å². The summed E-state index contributed by atoms with van der Waals surface area (Å²) in [5.41, 5.74) is 1.35. The van der Waals surface area contributed by atoms with Gasteiger partial charge in [-0.2, -0.15) is 0 Å². The van der Waals surface area contributed by atoms with Gasteiger partial charge in [0.15, 0.2) is 11.6 Å². The van der Waals surface area contributed by atoms with E-state index < -0.39 is 0 Å². The van der Waals surface area contributed by atoms with Gasteiger partial charge in [0.25, 0.3) is 0 Å². The van der Waals surface area contributed by atoms with E-state index in [9.17, 15) is 0 Å². The molecule has 26 heavy (non-hydrogen) atoms. The number of benzene rings is 3. The molecule has 3 nitrogen and oxygen atoms in total. The molecule has 0 aliphatic rings. The Morgan fingerprint density at radius 3 is 2.50 bits per heavy atom. The molecule has 0 unspecified atom stereocenters. The molecule has 0 amide bonds. The molecule has 0 aliphatic heterocycles. The SMILES string of the molecule is [2H]c1c([2H])c(C)c([2H])c(-c2nc(-c3cccc4ccccc34)nc(C(C)C)n2)c1[2H]. The Morgan fingerprint density at radius 2 is 1.65 bits per heavy atom. The molecule has 0 aliphatic carbocycles. The highest BCUT2D eigenvalue weighted by molar-refractivity contribution is 5.95. The summed E-state index contributed by atoms with van der Waals surface area (Å²) in [7, 11) is 0. The average Bonchev–Trinajstić information content (AvgIpc) is 2.76. The first-order valence-electron chi connectivity index (χ1n) is 10.6. The topological polar surface area (TPSA) is 38.7 Å². The Balaban J connectivity index is 2.04. The quantitative estimate of drug-likeness (QED) is 0.472. The van der Waals surface area contributed by atoms with Crippen molar-refractivity contribution < 1.29 is 5.48 Å². The second kappa shape index (κ2) is 6.68. The summed E-state index contributed by atoms with van der Waals surface area (Å²) in [5, 5.41) is 2.07. The number of hydrogen-bond acceptors (Lipinski definition) is 3. The first kappa shape index (κ1) is 12.3. The maximum atomic E-state index is 8.47. The molecule has 1 aromatic heterocycles. The van der Waals surface area contributed by atoms with Crippen LogP contribution in [0.2, 0.25) is 0 Å². The van der Waals surface area contributed by atoms with Gasteiger partial charge in [-0.3, -0.25) is 0 Å². The van der Waals surface area contributed by atoms with Crippen LogP contribution in [0.15, 0.2) is 66.6 Å². The highest BCUT2D eigenvalue weighted by Gasteiger charge is 2.14. The van der Waals surface area contributed by atoms with Crippen molar-refractivity contribution in [2.75, 3.05) is 0 Å². The Labute approximate surface area is 159 Å². The van der Waals surface area contributed by atoms with Gasteiger partial charge in [0, 0.05) is 17.0 Å². The average molecular weight is 343 g/mol. The van der Waals surface area contributed by atoms with Crippen LogP contribution in [0, 0.1) is 6.92 Å². The fraction of sp³-hybridized carbons (Fsp3) is 0.174. The zero-order chi connectivity index (χ0) is 21.6. The van der Waals surface area contributed by atoms with E-state index in [4.69, 9.17) is 5.48 Å². The molecule has 0 radical (unpaired) electrons. The summed E-state index contributed by atoms with van der Waals surface area (Å²) in [6.07, 6.45) is 0. The van der Waals surface area contributed by atoms with Crippen molar-refractivity contribution in [1.82, 2.24) is 15.0 Å². The highest BCUT2D eigenvalue weighted by Crippen LogP contribution is 2.28. The van der Waals surface area contributed by atoms with Crippen LogP contribution in [0.4, 0.5) is 0 Å². The normalized spacial score (nSPS) is 13.4. The van der Waals surface area contributed by atoms with Crippen molar-refractivity contribution in [3.63, 3.8) is 0 Å². The summed E-state index contributed by atoms with van der Waals surface area (Å²) in [6.45, 7) is 5.56. The Kier molecular flexibility index (Phi) is 3.16. The number of hydrogen-bond donors (Lipinski definition) is 0. The largest absolute Gasteiger partial charge is 0.213 e. The van der Waals surface area contributed by atoms with Crippen molar-refractivity contribution >= 4 is 10.8 Å². The molecule has 0 saturated carbocycles. The predicted octanol–water partition coefficient (Wildman–Crippen LogP) is 5.79. The smallest absolute Gasteiger partial charge is 0.164 e. The second-order valence-electron chi connectivity index (χ2n) is 6.52. The lowest BCUT2D eigenvalue weighted by molar-refractivity contribution is 0.766. The fourth-order valence-electron chi connectivity index (χ4n) is 2.85. The zero-order valence-electron chi connectivity index (χ0n) is 19.0. The summed E-state index contributed by atoms with van der Waals surface area (Å²) >= 11 is 0. The van der Waals surface area contributed by atoms with E-state index in [1.165, 1.54) is 0 Å². The Hall–Kier alpha value is -3.07. The van der Waals surface area contributed by atoms with E-state index in [-0.39, 0.29) is 41.5 Å². The molecule has 0 atom stereocenters. The standard InChI is InChI=1S/C23H21N3/c1-15(2)21-24-22(18-11-6-8-16(3)14-18)26-23(25-21)20-13-7-10-17-9-4-5-12-19(17)20/h4-15H,1-3H3/i6D,8D,11D,14D. The summed E-state index contributed by atoms with van der Waals surface area (Å²) in [5.74, 6) is 1.23. The fourth-order valence-corrected chi connectivity index (χ4v) is 2.85. The van der Waals surface area contributed by atoms with Crippen molar-refractivity contribution in [3.8, 4) is 22.8 Å². The van der Waals surface area contributed by atoms with Crippen LogP contribution in [0.3, 0.4) is 0 Å². The lowest BCUT2D eigenvalue weighted by atomic mass is 10.0. The van der Waals surface area contributed by atoms with Gasteiger partial charge in [-0.15, -0.1) is 0 Å². The lowest BCUT2D eigenvalue weighted by Crippen LogP contribution is -2.04. The first-order valence-corrected chi connectivity index (χ1v) is 8.61. The van der Waals surface area contributed by atoms with Crippen LogP contribution in [0.1, 0.15) is 36.6 Å². The van der Waals surface area contributed by atoms with Crippen LogP contribution in [0.25, 0.3) is 33.5 Å². The van der Waals surface area contributed by atoms with Gasteiger partial charge < -0.3 is 0 Å². The van der Waals surface area contributed by atoms with Gasteiger partial charge >= 0.3 is 0 Å². The van der Waals surface area contributed by atoms with E-state index in [2.05, 4.69) is 15.0 Å². The molecule has 4 aromatic rings. The van der Waals surface area contributed by atoms with Crippen LogP contribution in [-0.2, 0) is 0 Å². The van der Waals surface area contributed by atoms with Gasteiger partial charge in [0.2, 0.25) is 0 Å². The van der Waals surface area contributed by atoms with Crippen molar-refractivity contribution in [2.45, 2.75) is 26.7 Å². The molecule has 0 N–H and O–H groups in total. The number of nitrogens with zero attached hydrogens (tertiary/aromatic N) is 3. The summed E-state index contributed by atoms with van der Waals surface area (Å²) in [4.78, 5) is 13.8. The maximum Gasteiger partial charge on any atom is 0.164 e. The van der Waals surface area contributed by atoms with Gasteiger partial charge in [-0.1, -0.05) is 80.0 Å². The minimum Gasteiger partial charge on any atom is -0.213 e. The van der Waals surface area contributed by atoms with Gasteiger partial charge in [0.1, 0.15) is 5.82 Å². The molecule has 3 aromatic carbocycles.